The summed E-state index contributed by atoms with van der Waals surface area (Å²) in [4.78, 5) is 20.2. The first-order valence-electron chi connectivity index (χ1n) is 7.74. The summed E-state index contributed by atoms with van der Waals surface area (Å²) in [6.07, 6.45) is 2.45. The molecule has 0 saturated heterocycles. The maximum atomic E-state index is 11.8. The molecule has 124 valence electrons. The Morgan fingerprint density at radius 3 is 3.08 bits per heavy atom. The summed E-state index contributed by atoms with van der Waals surface area (Å²) >= 11 is 0. The monoisotopic (exact) mass is 326 g/mol. The van der Waals surface area contributed by atoms with Gasteiger partial charge in [-0.15, -0.1) is 0 Å². The summed E-state index contributed by atoms with van der Waals surface area (Å²) in [6, 6.07) is 9.81. The van der Waals surface area contributed by atoms with Gasteiger partial charge in [-0.25, -0.2) is 0 Å². The van der Waals surface area contributed by atoms with Gasteiger partial charge in [-0.05, 0) is 17.7 Å². The van der Waals surface area contributed by atoms with E-state index in [1.807, 2.05) is 37.3 Å². The summed E-state index contributed by atoms with van der Waals surface area (Å²) in [5.41, 5.74) is 1.89. The van der Waals surface area contributed by atoms with Gasteiger partial charge >= 0.3 is 0 Å². The Labute approximate surface area is 139 Å². The second-order valence-corrected chi connectivity index (χ2v) is 5.26. The van der Waals surface area contributed by atoms with E-state index >= 15 is 0 Å². The largest absolute Gasteiger partial charge is 0.362 e. The summed E-state index contributed by atoms with van der Waals surface area (Å²) in [7, 11) is 0. The molecule has 0 bridgehead atoms. The van der Waals surface area contributed by atoms with Crippen LogP contribution in [0.15, 0.2) is 41.1 Å². The van der Waals surface area contributed by atoms with E-state index in [0.29, 0.717) is 24.7 Å². The molecular weight excluding hydrogens is 308 g/mol. The molecule has 3 rings (SSSR count). The molecule has 3 aromatic rings. The van der Waals surface area contributed by atoms with Gasteiger partial charge in [-0.1, -0.05) is 30.3 Å². The topological polar surface area (TPSA) is 90.1 Å². The number of carbonyl (C=O) groups is 1. The van der Waals surface area contributed by atoms with Crippen molar-refractivity contribution in [3.8, 4) is 0 Å². The van der Waals surface area contributed by atoms with E-state index in [0.717, 1.165) is 16.5 Å². The Morgan fingerprint density at radius 2 is 2.25 bits per heavy atom. The second-order valence-electron chi connectivity index (χ2n) is 5.26. The first kappa shape index (κ1) is 16.1. The molecule has 1 N–H and O–H groups in total. The number of pyridine rings is 1. The maximum absolute atomic E-state index is 11.8. The van der Waals surface area contributed by atoms with Gasteiger partial charge in [0.15, 0.2) is 5.82 Å². The fraction of sp³-hybridized carbons (Fsp3) is 0.294. The van der Waals surface area contributed by atoms with Crippen LogP contribution >= 0.6 is 0 Å². The normalized spacial score (nSPS) is 10.9. The zero-order chi connectivity index (χ0) is 16.8. The van der Waals surface area contributed by atoms with Crippen LogP contribution in [0.1, 0.15) is 24.2 Å². The number of fused-ring (bicyclic) bond motifs is 1. The molecule has 1 aromatic carbocycles. The third kappa shape index (κ3) is 4.14. The number of rotatable bonds is 7. The van der Waals surface area contributed by atoms with Gasteiger partial charge in [-0.3, -0.25) is 9.78 Å². The maximum Gasteiger partial charge on any atom is 0.252 e. The summed E-state index contributed by atoms with van der Waals surface area (Å²) in [6.45, 7) is 2.43. The smallest absolute Gasteiger partial charge is 0.252 e. The Balaban J connectivity index is 1.44. The highest BCUT2D eigenvalue weighted by atomic mass is 16.5. The van der Waals surface area contributed by atoms with Crippen LogP contribution in [0.4, 0.5) is 0 Å². The molecule has 24 heavy (non-hydrogen) atoms. The number of aryl methyl sites for hydroxylation is 1. The molecule has 1 amide bonds. The van der Waals surface area contributed by atoms with Crippen molar-refractivity contribution in [2.24, 2.45) is 0 Å². The van der Waals surface area contributed by atoms with Crippen molar-refractivity contribution in [2.75, 3.05) is 6.61 Å². The predicted molar refractivity (Wildman–Crippen MR) is 86.9 cm³/mol. The second kappa shape index (κ2) is 7.65. The molecule has 7 heteroatoms. The standard InChI is InChI=1S/C17H18N4O3/c1-2-15-20-17(24-21-15)11-23-10-16(22)19-9-12-5-6-13-4-3-7-18-14(13)8-12/h3-8H,2,9-11H2,1H3,(H,19,22). The van der Waals surface area contributed by atoms with Crippen LogP contribution in [0.3, 0.4) is 0 Å². The van der Waals surface area contributed by atoms with Crippen LogP contribution in [0.2, 0.25) is 0 Å². The number of aromatic nitrogens is 3. The highest BCUT2D eigenvalue weighted by molar-refractivity contribution is 5.79. The van der Waals surface area contributed by atoms with E-state index in [-0.39, 0.29) is 19.1 Å². The van der Waals surface area contributed by atoms with Crippen LogP contribution in [-0.2, 0) is 29.1 Å². The number of nitrogens with one attached hydrogen (secondary N) is 1. The van der Waals surface area contributed by atoms with Gasteiger partial charge in [0.25, 0.3) is 5.89 Å². The molecule has 0 unspecified atom stereocenters. The Kier molecular flexibility index (Phi) is 5.12. The minimum Gasteiger partial charge on any atom is -0.362 e. The Hall–Kier alpha value is -2.80. The molecular formula is C17H18N4O3. The Morgan fingerprint density at radius 1 is 1.33 bits per heavy atom. The van der Waals surface area contributed by atoms with Crippen molar-refractivity contribution in [2.45, 2.75) is 26.5 Å². The van der Waals surface area contributed by atoms with Crippen molar-refractivity contribution in [3.05, 3.63) is 53.8 Å². The molecule has 0 aliphatic heterocycles. The highest BCUT2D eigenvalue weighted by Gasteiger charge is 2.07. The Bertz CT molecular complexity index is 831. The van der Waals surface area contributed by atoms with Crippen LogP contribution < -0.4 is 5.32 Å². The molecule has 0 radical (unpaired) electrons. The first-order chi connectivity index (χ1) is 11.7. The van der Waals surface area contributed by atoms with Gasteiger partial charge in [-0.2, -0.15) is 4.98 Å². The van der Waals surface area contributed by atoms with E-state index in [1.54, 1.807) is 6.20 Å². The number of amides is 1. The lowest BCUT2D eigenvalue weighted by Crippen LogP contribution is -2.27. The van der Waals surface area contributed by atoms with Crippen molar-refractivity contribution in [1.82, 2.24) is 20.4 Å². The highest BCUT2D eigenvalue weighted by Crippen LogP contribution is 2.12. The van der Waals surface area contributed by atoms with Crippen LogP contribution in [0, 0.1) is 0 Å². The molecule has 2 aromatic heterocycles. The van der Waals surface area contributed by atoms with Gasteiger partial charge in [0, 0.05) is 24.5 Å². The fourth-order valence-corrected chi connectivity index (χ4v) is 2.20. The quantitative estimate of drug-likeness (QED) is 0.714. The van der Waals surface area contributed by atoms with Crippen LogP contribution in [-0.4, -0.2) is 27.6 Å². The molecule has 0 saturated carbocycles. The lowest BCUT2D eigenvalue weighted by atomic mass is 10.1. The molecule has 2 heterocycles. The summed E-state index contributed by atoms with van der Waals surface area (Å²) in [5.74, 6) is 0.801. The van der Waals surface area contributed by atoms with Gasteiger partial charge in [0.05, 0.1) is 5.52 Å². The third-order valence-corrected chi connectivity index (χ3v) is 3.45. The summed E-state index contributed by atoms with van der Waals surface area (Å²) < 4.78 is 10.3. The zero-order valence-electron chi connectivity index (χ0n) is 13.4. The van der Waals surface area contributed by atoms with Crippen molar-refractivity contribution in [1.29, 1.82) is 0 Å². The van der Waals surface area contributed by atoms with E-state index in [1.165, 1.54) is 0 Å². The first-order valence-corrected chi connectivity index (χ1v) is 7.74. The van der Waals surface area contributed by atoms with E-state index < -0.39 is 0 Å². The number of ether oxygens (including phenoxy) is 1. The minimum atomic E-state index is -0.202. The molecule has 7 nitrogen and oxygen atoms in total. The lowest BCUT2D eigenvalue weighted by molar-refractivity contribution is -0.126. The molecule has 0 aliphatic carbocycles. The lowest BCUT2D eigenvalue weighted by Gasteiger charge is -2.06. The van der Waals surface area contributed by atoms with Crippen molar-refractivity contribution in [3.63, 3.8) is 0 Å². The zero-order valence-corrected chi connectivity index (χ0v) is 13.4. The molecule has 0 fully saturated rings. The van der Waals surface area contributed by atoms with Crippen molar-refractivity contribution >= 4 is 16.8 Å². The average Bonchev–Trinajstić information content (AvgIpc) is 3.08. The predicted octanol–water partition coefficient (Wildman–Crippen LogP) is 2.01. The van der Waals surface area contributed by atoms with Gasteiger partial charge < -0.3 is 14.6 Å². The SMILES string of the molecule is CCc1noc(COCC(=O)NCc2ccc3cccnc3c2)n1. The minimum absolute atomic E-state index is 0.0599. The van der Waals surface area contributed by atoms with E-state index in [9.17, 15) is 4.79 Å². The third-order valence-electron chi connectivity index (χ3n) is 3.45. The average molecular weight is 326 g/mol. The van der Waals surface area contributed by atoms with Crippen LogP contribution in [0.5, 0.6) is 0 Å². The van der Waals surface area contributed by atoms with E-state index in [2.05, 4.69) is 20.4 Å². The van der Waals surface area contributed by atoms with Gasteiger partial charge in [0.1, 0.15) is 13.2 Å². The number of nitrogens with zero attached hydrogens (tertiary/aromatic N) is 3. The summed E-state index contributed by atoms with van der Waals surface area (Å²) in [5, 5.41) is 7.64. The molecule has 0 spiro atoms. The fourth-order valence-electron chi connectivity index (χ4n) is 2.20. The number of hydrogen-bond donors (Lipinski definition) is 1. The number of benzene rings is 1. The van der Waals surface area contributed by atoms with Crippen LogP contribution in [0.25, 0.3) is 10.9 Å². The van der Waals surface area contributed by atoms with E-state index in [4.69, 9.17) is 9.26 Å². The number of carbonyl (C=O) groups excluding carboxylic acids is 1. The van der Waals surface area contributed by atoms with Gasteiger partial charge in [0.2, 0.25) is 5.91 Å². The molecule has 0 aliphatic rings. The number of hydrogen-bond acceptors (Lipinski definition) is 6. The molecule has 0 atom stereocenters. The van der Waals surface area contributed by atoms with Crippen molar-refractivity contribution < 1.29 is 14.1 Å².